The predicted octanol–water partition coefficient (Wildman–Crippen LogP) is 0.722. The normalized spacial score (nSPS) is 12.3. The van der Waals surface area contributed by atoms with Gasteiger partial charge in [-0.1, -0.05) is 0 Å². The molecule has 0 unspecified atom stereocenters. The van der Waals surface area contributed by atoms with Gasteiger partial charge in [-0.3, -0.25) is 0 Å². The van der Waals surface area contributed by atoms with Crippen molar-refractivity contribution < 1.29 is 31.1 Å². The molecule has 0 spiro atoms. The molecule has 0 aliphatic rings. The van der Waals surface area contributed by atoms with Gasteiger partial charge in [0.05, 0.1) is 23.1 Å². The molecule has 0 saturated carbocycles. The molecule has 1 rings (SSSR count). The third-order valence-corrected chi connectivity index (χ3v) is 3.12. The predicted molar refractivity (Wildman–Crippen MR) is 58.6 cm³/mol. The summed E-state index contributed by atoms with van der Waals surface area (Å²) in [7, 11) is -3.71. The van der Waals surface area contributed by atoms with Gasteiger partial charge >= 0.3 is 12.1 Å². The van der Waals surface area contributed by atoms with E-state index in [0.29, 0.717) is 12.1 Å². The van der Waals surface area contributed by atoms with Gasteiger partial charge in [-0.25, -0.2) is 18.4 Å². The Kier molecular flexibility index (Phi) is 3.77. The summed E-state index contributed by atoms with van der Waals surface area (Å²) in [6.45, 7) is 0. The van der Waals surface area contributed by atoms with Crippen LogP contribution in [0.4, 0.5) is 18.9 Å². The Hall–Kier alpha value is -1.81. The summed E-state index contributed by atoms with van der Waals surface area (Å²) in [5.41, 5.74) is 2.65. The highest BCUT2D eigenvalue weighted by atomic mass is 32.2. The Morgan fingerprint density at radius 1 is 1.32 bits per heavy atom. The molecule has 0 amide bonds. The van der Waals surface area contributed by atoms with Gasteiger partial charge in [-0.05, 0) is 12.1 Å². The van der Waals surface area contributed by atoms with E-state index < -0.39 is 43.9 Å². The number of hydrogen-bond donors (Lipinski definition) is 2. The van der Waals surface area contributed by atoms with Crippen LogP contribution in [0, 0.1) is 0 Å². The number of ether oxygens (including phenoxy) is 1. The third kappa shape index (κ3) is 3.15. The summed E-state index contributed by atoms with van der Waals surface area (Å²) < 4.78 is 64.6. The quantitative estimate of drug-likeness (QED) is 0.617. The van der Waals surface area contributed by atoms with Crippen LogP contribution in [0.1, 0.15) is 15.9 Å². The largest absolute Gasteiger partial charge is 0.465 e. The highest BCUT2D eigenvalue weighted by molar-refractivity contribution is 7.89. The molecule has 4 N–H and O–H groups in total. The van der Waals surface area contributed by atoms with Gasteiger partial charge in [0, 0.05) is 5.69 Å². The van der Waals surface area contributed by atoms with Crippen LogP contribution in [0.15, 0.2) is 17.0 Å². The van der Waals surface area contributed by atoms with Crippen molar-refractivity contribution in [1.29, 1.82) is 0 Å². The monoisotopic (exact) mass is 298 g/mol. The maximum absolute atomic E-state index is 12.7. The average molecular weight is 298 g/mol. The Morgan fingerprint density at radius 2 is 1.84 bits per heavy atom. The lowest BCUT2D eigenvalue weighted by Gasteiger charge is -2.14. The lowest BCUT2D eigenvalue weighted by molar-refractivity contribution is -0.139. The van der Waals surface area contributed by atoms with Crippen molar-refractivity contribution in [2.24, 2.45) is 5.14 Å². The number of rotatable bonds is 2. The minimum atomic E-state index is -4.98. The van der Waals surface area contributed by atoms with Gasteiger partial charge in [0.25, 0.3) is 0 Å². The summed E-state index contributed by atoms with van der Waals surface area (Å²) in [6.07, 6.45) is -4.98. The molecule has 6 nitrogen and oxygen atoms in total. The van der Waals surface area contributed by atoms with E-state index >= 15 is 0 Å². The van der Waals surface area contributed by atoms with Gasteiger partial charge in [-0.15, -0.1) is 0 Å². The van der Waals surface area contributed by atoms with Crippen molar-refractivity contribution in [3.05, 3.63) is 23.3 Å². The second-order valence-electron chi connectivity index (χ2n) is 3.47. The summed E-state index contributed by atoms with van der Waals surface area (Å²) in [5, 5.41) is 4.69. The molecule has 0 aliphatic heterocycles. The highest BCUT2D eigenvalue weighted by Crippen LogP contribution is 2.36. The van der Waals surface area contributed by atoms with Crippen LogP contribution in [0.2, 0.25) is 0 Å². The van der Waals surface area contributed by atoms with Crippen molar-refractivity contribution in [3.8, 4) is 0 Å². The maximum atomic E-state index is 12.7. The van der Waals surface area contributed by atoms with Gasteiger partial charge in [-0.2, -0.15) is 13.2 Å². The lowest BCUT2D eigenvalue weighted by Crippen LogP contribution is -2.21. The lowest BCUT2D eigenvalue weighted by atomic mass is 10.1. The van der Waals surface area contributed by atoms with E-state index in [9.17, 15) is 26.4 Å². The molecule has 1 aromatic rings. The summed E-state index contributed by atoms with van der Waals surface area (Å²) in [5.74, 6) is -1.07. The Balaban J connectivity index is 3.71. The zero-order valence-corrected chi connectivity index (χ0v) is 10.3. The van der Waals surface area contributed by atoms with Crippen LogP contribution in [-0.2, 0) is 20.9 Å². The summed E-state index contributed by atoms with van der Waals surface area (Å²) in [6, 6.07) is 0.769. The Labute approximate surface area is 106 Å². The van der Waals surface area contributed by atoms with E-state index in [4.69, 9.17) is 10.9 Å². The standard InChI is InChI=1S/C9H9F3N2O4S/c1-18-8(15)4-2-7(19(14,16)17)5(3-6(4)13)9(10,11)12/h2-3H,13H2,1H3,(H2,14,16,17). The average Bonchev–Trinajstić information content (AvgIpc) is 2.24. The second-order valence-corrected chi connectivity index (χ2v) is 5.00. The number of anilines is 1. The minimum absolute atomic E-state index is 0.325. The van der Waals surface area contributed by atoms with Crippen molar-refractivity contribution in [1.82, 2.24) is 0 Å². The molecule has 0 atom stereocenters. The minimum Gasteiger partial charge on any atom is -0.465 e. The molecular weight excluding hydrogens is 289 g/mol. The molecular formula is C9H9F3N2O4S. The second kappa shape index (κ2) is 4.70. The van der Waals surface area contributed by atoms with Gasteiger partial charge in [0.1, 0.15) is 0 Å². The van der Waals surface area contributed by atoms with Crippen LogP contribution < -0.4 is 10.9 Å². The molecule has 0 bridgehead atoms. The number of nitrogens with two attached hydrogens (primary N) is 2. The number of alkyl halides is 3. The maximum Gasteiger partial charge on any atom is 0.417 e. The number of esters is 1. The van der Waals surface area contributed by atoms with E-state index in [0.717, 1.165) is 7.11 Å². The van der Waals surface area contributed by atoms with Crippen LogP contribution in [-0.4, -0.2) is 21.5 Å². The number of primary sulfonamides is 1. The zero-order valence-electron chi connectivity index (χ0n) is 9.48. The molecule has 0 aromatic heterocycles. The topological polar surface area (TPSA) is 112 Å². The number of benzene rings is 1. The fourth-order valence-electron chi connectivity index (χ4n) is 1.34. The molecule has 106 valence electrons. The van der Waals surface area contributed by atoms with E-state index in [1.54, 1.807) is 0 Å². The van der Waals surface area contributed by atoms with Gasteiger partial charge in [0.2, 0.25) is 10.0 Å². The fraction of sp³-hybridized carbons (Fsp3) is 0.222. The molecule has 0 heterocycles. The first-order valence-electron chi connectivity index (χ1n) is 4.60. The van der Waals surface area contributed by atoms with Crippen LogP contribution in [0.25, 0.3) is 0 Å². The first-order valence-corrected chi connectivity index (χ1v) is 6.15. The van der Waals surface area contributed by atoms with E-state index in [1.807, 2.05) is 0 Å². The first kappa shape index (κ1) is 15.2. The molecule has 1 aromatic carbocycles. The summed E-state index contributed by atoms with van der Waals surface area (Å²) >= 11 is 0. The van der Waals surface area contributed by atoms with Crippen molar-refractivity contribution >= 4 is 21.7 Å². The molecule has 0 fully saturated rings. The highest BCUT2D eigenvalue weighted by Gasteiger charge is 2.37. The van der Waals surface area contributed by atoms with Gasteiger partial charge in [0.15, 0.2) is 0 Å². The number of hydrogen-bond acceptors (Lipinski definition) is 5. The van der Waals surface area contributed by atoms with Crippen LogP contribution >= 0.6 is 0 Å². The number of nitrogen functional groups attached to an aromatic ring is 1. The number of carbonyl (C=O) groups excluding carboxylic acids is 1. The SMILES string of the molecule is COC(=O)c1cc(S(N)(=O)=O)c(C(F)(F)F)cc1N. The number of sulfonamides is 1. The summed E-state index contributed by atoms with van der Waals surface area (Å²) in [4.78, 5) is 10.0. The smallest absolute Gasteiger partial charge is 0.417 e. The Morgan fingerprint density at radius 3 is 2.21 bits per heavy atom. The molecule has 0 aliphatic carbocycles. The molecule has 0 saturated heterocycles. The first-order chi connectivity index (χ1) is 8.48. The molecule has 19 heavy (non-hydrogen) atoms. The van der Waals surface area contributed by atoms with Crippen molar-refractivity contribution in [2.45, 2.75) is 11.1 Å². The zero-order chi connectivity index (χ0) is 15.0. The molecule has 0 radical (unpaired) electrons. The van der Waals surface area contributed by atoms with E-state index in [2.05, 4.69) is 4.74 Å². The number of halogens is 3. The molecule has 10 heteroatoms. The van der Waals surface area contributed by atoms with Crippen LogP contribution in [0.3, 0.4) is 0 Å². The number of methoxy groups -OCH3 is 1. The van der Waals surface area contributed by atoms with Crippen molar-refractivity contribution in [2.75, 3.05) is 12.8 Å². The fourth-order valence-corrected chi connectivity index (χ4v) is 2.10. The Bertz CT molecular complexity index is 625. The van der Waals surface area contributed by atoms with Gasteiger partial charge < -0.3 is 10.5 Å². The third-order valence-electron chi connectivity index (χ3n) is 2.17. The van der Waals surface area contributed by atoms with Crippen LogP contribution in [0.5, 0.6) is 0 Å². The number of carbonyl (C=O) groups is 1. The van der Waals surface area contributed by atoms with E-state index in [-0.39, 0.29) is 0 Å². The van der Waals surface area contributed by atoms with Crippen molar-refractivity contribution in [3.63, 3.8) is 0 Å². The van der Waals surface area contributed by atoms with E-state index in [1.165, 1.54) is 0 Å².